The number of imidazole rings is 1. The summed E-state index contributed by atoms with van der Waals surface area (Å²) in [6.45, 7) is 2.31. The minimum atomic E-state index is -0.370. The molecule has 0 spiro atoms. The molecule has 1 heterocycles. The fraction of sp³-hybridized carbons (Fsp3) is 0.250. The second-order valence-corrected chi connectivity index (χ2v) is 4.11. The molecule has 1 aromatic heterocycles. The number of hydrogen-bond donors (Lipinski definition) is 1. The first-order valence-corrected chi connectivity index (χ1v) is 5.52. The monoisotopic (exact) mass is 246 g/mol. The van der Waals surface area contributed by atoms with Gasteiger partial charge in [0.2, 0.25) is 0 Å². The van der Waals surface area contributed by atoms with Gasteiger partial charge in [-0.15, -0.1) is 0 Å². The fourth-order valence-electron chi connectivity index (χ4n) is 1.66. The number of aryl methyl sites for hydroxylation is 2. The molecule has 0 atom stereocenters. The molecule has 0 unspecified atom stereocenters. The van der Waals surface area contributed by atoms with E-state index in [4.69, 9.17) is 0 Å². The molecule has 6 nitrogen and oxygen atoms in total. The Morgan fingerprint density at radius 3 is 2.89 bits per heavy atom. The van der Waals surface area contributed by atoms with Crippen LogP contribution in [0.4, 0.5) is 11.4 Å². The van der Waals surface area contributed by atoms with Crippen LogP contribution in [-0.2, 0) is 13.6 Å². The summed E-state index contributed by atoms with van der Waals surface area (Å²) in [6.07, 6.45) is 3.48. The average Bonchev–Trinajstić information content (AvgIpc) is 2.73. The van der Waals surface area contributed by atoms with Gasteiger partial charge in [0.15, 0.2) is 0 Å². The second-order valence-electron chi connectivity index (χ2n) is 4.11. The molecule has 0 radical (unpaired) electrons. The summed E-state index contributed by atoms with van der Waals surface area (Å²) in [5, 5.41) is 14.0. The molecule has 94 valence electrons. The summed E-state index contributed by atoms with van der Waals surface area (Å²) in [5.74, 6) is 0. The van der Waals surface area contributed by atoms with Gasteiger partial charge in [-0.05, 0) is 13.0 Å². The van der Waals surface area contributed by atoms with Gasteiger partial charge in [-0.3, -0.25) is 10.1 Å². The van der Waals surface area contributed by atoms with Gasteiger partial charge in [0.1, 0.15) is 0 Å². The summed E-state index contributed by atoms with van der Waals surface area (Å²) in [6, 6.07) is 5.12. The number of nitrogens with one attached hydrogen (secondary N) is 1. The quantitative estimate of drug-likeness (QED) is 0.663. The molecule has 0 aliphatic rings. The van der Waals surface area contributed by atoms with Crippen LogP contribution in [0, 0.1) is 17.0 Å². The number of benzene rings is 1. The summed E-state index contributed by atoms with van der Waals surface area (Å²) in [7, 11) is 1.90. The van der Waals surface area contributed by atoms with E-state index in [1.54, 1.807) is 31.6 Å². The molecule has 1 N–H and O–H groups in total. The van der Waals surface area contributed by atoms with Crippen LogP contribution < -0.4 is 5.32 Å². The highest BCUT2D eigenvalue weighted by atomic mass is 16.6. The molecule has 0 aliphatic heterocycles. The maximum atomic E-state index is 10.8. The van der Waals surface area contributed by atoms with Crippen molar-refractivity contribution >= 4 is 11.4 Å². The van der Waals surface area contributed by atoms with Gasteiger partial charge in [-0.25, -0.2) is 4.98 Å². The van der Waals surface area contributed by atoms with Gasteiger partial charge in [-0.1, -0.05) is 6.07 Å². The van der Waals surface area contributed by atoms with Crippen molar-refractivity contribution in [1.82, 2.24) is 9.55 Å². The van der Waals surface area contributed by atoms with E-state index in [1.807, 2.05) is 17.7 Å². The van der Waals surface area contributed by atoms with Crippen molar-refractivity contribution in [2.24, 2.45) is 7.05 Å². The first kappa shape index (κ1) is 12.1. The van der Waals surface area contributed by atoms with Crippen LogP contribution in [0.2, 0.25) is 0 Å². The van der Waals surface area contributed by atoms with Crippen LogP contribution in [0.3, 0.4) is 0 Å². The van der Waals surface area contributed by atoms with Crippen molar-refractivity contribution in [2.75, 3.05) is 5.32 Å². The van der Waals surface area contributed by atoms with Gasteiger partial charge in [0, 0.05) is 30.6 Å². The normalized spacial score (nSPS) is 10.3. The van der Waals surface area contributed by atoms with E-state index in [1.165, 1.54) is 0 Å². The van der Waals surface area contributed by atoms with Gasteiger partial charge in [-0.2, -0.15) is 0 Å². The highest BCUT2D eigenvalue weighted by Gasteiger charge is 2.10. The Bertz CT molecular complexity index is 577. The van der Waals surface area contributed by atoms with E-state index in [2.05, 4.69) is 10.3 Å². The zero-order chi connectivity index (χ0) is 13.1. The number of anilines is 1. The van der Waals surface area contributed by atoms with Crippen LogP contribution in [-0.4, -0.2) is 14.5 Å². The van der Waals surface area contributed by atoms with Crippen molar-refractivity contribution in [3.05, 3.63) is 52.1 Å². The van der Waals surface area contributed by atoms with E-state index < -0.39 is 0 Å². The van der Waals surface area contributed by atoms with Crippen LogP contribution in [0.15, 0.2) is 30.7 Å². The Kier molecular flexibility index (Phi) is 3.27. The first-order valence-electron chi connectivity index (χ1n) is 5.52. The minimum Gasteiger partial charge on any atom is -0.379 e. The molecule has 0 saturated carbocycles. The van der Waals surface area contributed by atoms with Gasteiger partial charge in [0.25, 0.3) is 5.69 Å². The Balaban J connectivity index is 2.13. The first-order chi connectivity index (χ1) is 8.58. The molecule has 1 aromatic carbocycles. The van der Waals surface area contributed by atoms with Gasteiger partial charge < -0.3 is 9.88 Å². The molecule has 2 aromatic rings. The number of hydrogen-bond acceptors (Lipinski definition) is 4. The molecule has 0 fully saturated rings. The van der Waals surface area contributed by atoms with Crippen molar-refractivity contribution in [2.45, 2.75) is 13.5 Å². The lowest BCUT2D eigenvalue weighted by Crippen LogP contribution is -2.04. The summed E-state index contributed by atoms with van der Waals surface area (Å²) in [5.41, 5.74) is 2.53. The SMILES string of the molecule is Cc1ccc(NCc2cncn2C)cc1[N+](=O)[O-]. The lowest BCUT2D eigenvalue weighted by atomic mass is 10.2. The minimum absolute atomic E-state index is 0.130. The Morgan fingerprint density at radius 2 is 2.28 bits per heavy atom. The number of nitro benzene ring substituents is 1. The van der Waals surface area contributed by atoms with E-state index in [0.29, 0.717) is 12.1 Å². The third kappa shape index (κ3) is 2.48. The average molecular weight is 246 g/mol. The molecule has 0 bridgehead atoms. The van der Waals surface area contributed by atoms with Gasteiger partial charge >= 0.3 is 0 Å². The van der Waals surface area contributed by atoms with Crippen molar-refractivity contribution in [3.8, 4) is 0 Å². The Labute approximate surface area is 104 Å². The third-order valence-electron chi connectivity index (χ3n) is 2.80. The van der Waals surface area contributed by atoms with Crippen molar-refractivity contribution in [3.63, 3.8) is 0 Å². The van der Waals surface area contributed by atoms with Crippen LogP contribution in [0.25, 0.3) is 0 Å². The van der Waals surface area contributed by atoms with Crippen molar-refractivity contribution < 1.29 is 4.92 Å². The van der Waals surface area contributed by atoms with Gasteiger partial charge in [0.05, 0.1) is 23.5 Å². The topological polar surface area (TPSA) is 73.0 Å². The van der Waals surface area contributed by atoms with Crippen LogP contribution >= 0.6 is 0 Å². The number of rotatable bonds is 4. The van der Waals surface area contributed by atoms with Crippen LogP contribution in [0.1, 0.15) is 11.3 Å². The standard InChI is InChI=1S/C12H14N4O2/c1-9-3-4-10(5-12(9)16(17)18)14-7-11-6-13-8-15(11)2/h3-6,8,14H,7H2,1-2H3. The molecular weight excluding hydrogens is 232 g/mol. The Hall–Kier alpha value is -2.37. The molecule has 0 saturated heterocycles. The molecule has 2 rings (SSSR count). The number of nitrogens with zero attached hydrogens (tertiary/aromatic N) is 3. The number of nitro groups is 1. The maximum absolute atomic E-state index is 10.8. The van der Waals surface area contributed by atoms with Crippen LogP contribution in [0.5, 0.6) is 0 Å². The zero-order valence-corrected chi connectivity index (χ0v) is 10.3. The van der Waals surface area contributed by atoms with E-state index in [9.17, 15) is 10.1 Å². The van der Waals surface area contributed by atoms with E-state index in [0.717, 1.165) is 11.4 Å². The molecule has 0 amide bonds. The second kappa shape index (κ2) is 4.87. The van der Waals surface area contributed by atoms with E-state index >= 15 is 0 Å². The largest absolute Gasteiger partial charge is 0.379 e. The molecule has 0 aliphatic carbocycles. The lowest BCUT2D eigenvalue weighted by Gasteiger charge is -2.07. The predicted octanol–water partition coefficient (Wildman–Crippen LogP) is 2.25. The van der Waals surface area contributed by atoms with Crippen molar-refractivity contribution in [1.29, 1.82) is 0 Å². The molecule has 6 heteroatoms. The third-order valence-corrected chi connectivity index (χ3v) is 2.80. The summed E-state index contributed by atoms with van der Waals surface area (Å²) < 4.78 is 1.90. The highest BCUT2D eigenvalue weighted by Crippen LogP contribution is 2.22. The van der Waals surface area contributed by atoms with E-state index in [-0.39, 0.29) is 10.6 Å². The highest BCUT2D eigenvalue weighted by molar-refractivity contribution is 5.54. The maximum Gasteiger partial charge on any atom is 0.274 e. The summed E-state index contributed by atoms with van der Waals surface area (Å²) >= 11 is 0. The molecule has 18 heavy (non-hydrogen) atoms. The lowest BCUT2D eigenvalue weighted by molar-refractivity contribution is -0.385. The smallest absolute Gasteiger partial charge is 0.274 e. The molecular formula is C12H14N4O2. The number of aromatic nitrogens is 2. The zero-order valence-electron chi connectivity index (χ0n) is 10.3. The summed E-state index contributed by atoms with van der Waals surface area (Å²) in [4.78, 5) is 14.5. The Morgan fingerprint density at radius 1 is 1.50 bits per heavy atom. The fourth-order valence-corrected chi connectivity index (χ4v) is 1.66. The predicted molar refractivity (Wildman–Crippen MR) is 68.4 cm³/mol.